The lowest BCUT2D eigenvalue weighted by molar-refractivity contribution is -0.141. The summed E-state index contributed by atoms with van der Waals surface area (Å²) in [5.41, 5.74) is 1.65. The Balaban J connectivity index is 1.07. The Morgan fingerprint density at radius 1 is 0.984 bits per heavy atom. The van der Waals surface area contributed by atoms with Crippen molar-refractivity contribution in [3.63, 3.8) is 0 Å². The number of rotatable bonds is 8. The first-order chi connectivity index (χ1) is 29.7. The number of para-hydroxylation sites is 1. The molecule has 0 bridgehead atoms. The normalized spacial score (nSPS) is 25.2. The molecule has 3 fully saturated rings. The van der Waals surface area contributed by atoms with E-state index >= 15 is 0 Å². The molecular weight excluding hydrogens is 815 g/mol. The quantitative estimate of drug-likeness (QED) is 0.165. The molecule has 5 aromatic rings. The highest BCUT2D eigenvalue weighted by Gasteiger charge is 2.62. The molecule has 0 unspecified atom stereocenters. The van der Waals surface area contributed by atoms with Crippen molar-refractivity contribution in [1.29, 1.82) is 0 Å². The van der Waals surface area contributed by atoms with E-state index in [1.54, 1.807) is 0 Å². The summed E-state index contributed by atoms with van der Waals surface area (Å²) in [6.07, 6.45) is 8.40. The molecule has 17 heteroatoms. The number of amides is 4. The lowest BCUT2D eigenvalue weighted by Gasteiger charge is -2.29. The number of carbonyl (C=O) groups excluding carboxylic acids is 4. The zero-order chi connectivity index (χ0) is 43.4. The molecule has 324 valence electrons. The summed E-state index contributed by atoms with van der Waals surface area (Å²) in [6, 6.07) is 14.6. The van der Waals surface area contributed by atoms with Crippen molar-refractivity contribution in [2.75, 3.05) is 6.54 Å². The second-order valence-corrected chi connectivity index (χ2v) is 19.8. The number of fused-ring (bicyclic) bond motifs is 5. The summed E-state index contributed by atoms with van der Waals surface area (Å²) in [6.45, 7) is 6.31. The van der Waals surface area contributed by atoms with Gasteiger partial charge in [0.25, 0.3) is 17.7 Å². The average Bonchev–Trinajstić information content (AvgIpc) is 4.03. The molecule has 62 heavy (non-hydrogen) atoms. The van der Waals surface area contributed by atoms with E-state index in [-0.39, 0.29) is 42.9 Å². The van der Waals surface area contributed by atoms with E-state index < -0.39 is 68.5 Å². The highest BCUT2D eigenvalue weighted by Crippen LogP contribution is 2.46. The van der Waals surface area contributed by atoms with Crippen LogP contribution in [0.1, 0.15) is 94.7 Å². The number of benzene rings is 2. The Morgan fingerprint density at radius 2 is 1.77 bits per heavy atom. The van der Waals surface area contributed by atoms with Gasteiger partial charge in [0.05, 0.1) is 18.0 Å². The third kappa shape index (κ3) is 8.17. The SMILES string of the molecule is CC(C)(C)c1ccc(-c2nc(O[C@@H]3C[C@H]4C(=O)N[C@]5(C(=O)NS(=O)(=O)C6CC6)C[C@H]5/C=C\CCCCC[C@H](NC(=O)c5ccno5)C(=O)N4C3)c3oc4ccccc4c3n2)cc1. The van der Waals surface area contributed by atoms with Gasteiger partial charge in [-0.15, -0.1) is 0 Å². The Kier molecular flexibility index (Phi) is 10.6. The minimum atomic E-state index is -3.93. The molecule has 3 aromatic heterocycles. The molecule has 3 N–H and O–H groups in total. The van der Waals surface area contributed by atoms with Crippen LogP contribution in [0.2, 0.25) is 0 Å². The van der Waals surface area contributed by atoms with Crippen molar-refractivity contribution < 1.29 is 41.3 Å². The van der Waals surface area contributed by atoms with Gasteiger partial charge in [-0.3, -0.25) is 23.9 Å². The second-order valence-electron chi connectivity index (χ2n) is 17.9. The topological polar surface area (TPSA) is 216 Å². The Morgan fingerprint density at radius 3 is 2.52 bits per heavy atom. The monoisotopic (exact) mass is 863 g/mol. The first-order valence-corrected chi connectivity index (χ1v) is 22.8. The van der Waals surface area contributed by atoms with E-state index in [1.807, 2.05) is 60.7 Å². The number of aromatic nitrogens is 3. The zero-order valence-electron chi connectivity index (χ0n) is 34.8. The molecule has 2 aliphatic carbocycles. The number of nitrogens with one attached hydrogen (secondary N) is 3. The fourth-order valence-corrected chi connectivity index (χ4v) is 9.83. The van der Waals surface area contributed by atoms with Gasteiger partial charge in [0.1, 0.15) is 34.8 Å². The summed E-state index contributed by atoms with van der Waals surface area (Å²) >= 11 is 0. The molecular formula is C45H49N7O9S. The minimum absolute atomic E-state index is 0.0275. The van der Waals surface area contributed by atoms with E-state index in [0.717, 1.165) is 29.4 Å². The minimum Gasteiger partial charge on any atom is -0.470 e. The van der Waals surface area contributed by atoms with Gasteiger partial charge in [0.15, 0.2) is 5.82 Å². The van der Waals surface area contributed by atoms with Crippen LogP contribution in [0, 0.1) is 5.92 Å². The fourth-order valence-electron chi connectivity index (χ4n) is 8.46. The Labute approximate surface area is 358 Å². The zero-order valence-corrected chi connectivity index (χ0v) is 35.6. The first kappa shape index (κ1) is 41.3. The fraction of sp³-hybridized carbons (Fsp3) is 0.444. The van der Waals surface area contributed by atoms with Gasteiger partial charge in [-0.05, 0) is 61.6 Å². The molecule has 1 saturated heterocycles. The molecule has 16 nitrogen and oxygen atoms in total. The lowest BCUT2D eigenvalue weighted by Crippen LogP contribution is -2.58. The molecule has 0 spiro atoms. The number of furan rings is 1. The number of hydrogen-bond donors (Lipinski definition) is 3. The maximum atomic E-state index is 14.8. The first-order valence-electron chi connectivity index (χ1n) is 21.2. The molecule has 4 aliphatic rings. The molecule has 2 aromatic carbocycles. The Bertz CT molecular complexity index is 2690. The maximum absolute atomic E-state index is 14.8. The molecule has 5 atom stereocenters. The predicted octanol–water partition coefficient (Wildman–Crippen LogP) is 5.48. The van der Waals surface area contributed by atoms with E-state index in [4.69, 9.17) is 23.6 Å². The summed E-state index contributed by atoms with van der Waals surface area (Å²) in [7, 11) is -3.93. The summed E-state index contributed by atoms with van der Waals surface area (Å²) in [5, 5.41) is 9.42. The highest BCUT2D eigenvalue weighted by molar-refractivity contribution is 7.91. The highest BCUT2D eigenvalue weighted by atomic mass is 32.2. The van der Waals surface area contributed by atoms with Crippen LogP contribution in [0.5, 0.6) is 5.88 Å². The van der Waals surface area contributed by atoms with Crippen molar-refractivity contribution in [1.82, 2.24) is 35.4 Å². The van der Waals surface area contributed by atoms with E-state index in [1.165, 1.54) is 17.2 Å². The van der Waals surface area contributed by atoms with Gasteiger partial charge in [-0.1, -0.05) is 87.3 Å². The van der Waals surface area contributed by atoms with Crippen molar-refractivity contribution in [2.45, 2.75) is 113 Å². The molecule has 2 saturated carbocycles. The third-order valence-corrected chi connectivity index (χ3v) is 14.1. The van der Waals surface area contributed by atoms with Crippen LogP contribution in [0.25, 0.3) is 33.5 Å². The molecule has 2 aliphatic heterocycles. The number of allylic oxidation sites excluding steroid dienone is 1. The van der Waals surface area contributed by atoms with Crippen molar-refractivity contribution in [3.05, 3.63) is 84.3 Å². The molecule has 0 radical (unpaired) electrons. The van der Waals surface area contributed by atoms with Crippen LogP contribution in [0.3, 0.4) is 0 Å². The van der Waals surface area contributed by atoms with Gasteiger partial charge >= 0.3 is 0 Å². The van der Waals surface area contributed by atoms with Gasteiger partial charge in [-0.25, -0.2) is 13.4 Å². The number of hydrogen-bond acceptors (Lipinski definition) is 12. The van der Waals surface area contributed by atoms with Gasteiger partial charge < -0.3 is 29.2 Å². The van der Waals surface area contributed by atoms with E-state index in [9.17, 15) is 27.6 Å². The van der Waals surface area contributed by atoms with Crippen LogP contribution < -0.4 is 20.1 Å². The average molecular weight is 864 g/mol. The molecule has 9 rings (SSSR count). The van der Waals surface area contributed by atoms with Crippen LogP contribution >= 0.6 is 0 Å². The lowest BCUT2D eigenvalue weighted by atomic mass is 9.87. The smallest absolute Gasteiger partial charge is 0.290 e. The van der Waals surface area contributed by atoms with Crippen molar-refractivity contribution in [2.24, 2.45) is 5.92 Å². The van der Waals surface area contributed by atoms with Crippen LogP contribution in [0.15, 0.2) is 81.9 Å². The molecule has 4 amide bonds. The number of ether oxygens (including phenoxy) is 1. The summed E-state index contributed by atoms with van der Waals surface area (Å²) in [5.74, 6) is -2.68. The summed E-state index contributed by atoms with van der Waals surface area (Å²) < 4.78 is 46.2. The van der Waals surface area contributed by atoms with Gasteiger partial charge in [0, 0.05) is 29.4 Å². The number of carbonyl (C=O) groups is 4. The van der Waals surface area contributed by atoms with Crippen molar-refractivity contribution >= 4 is 55.7 Å². The Hall–Kier alpha value is -6.10. The second kappa shape index (κ2) is 16.0. The van der Waals surface area contributed by atoms with Crippen LogP contribution in [0.4, 0.5) is 0 Å². The van der Waals surface area contributed by atoms with E-state index in [0.29, 0.717) is 48.2 Å². The van der Waals surface area contributed by atoms with Gasteiger partial charge in [-0.2, -0.15) is 4.98 Å². The maximum Gasteiger partial charge on any atom is 0.290 e. The molecule has 5 heterocycles. The largest absolute Gasteiger partial charge is 0.470 e. The summed E-state index contributed by atoms with van der Waals surface area (Å²) in [4.78, 5) is 67.8. The predicted molar refractivity (Wildman–Crippen MR) is 227 cm³/mol. The van der Waals surface area contributed by atoms with Gasteiger partial charge in [0.2, 0.25) is 33.2 Å². The third-order valence-electron chi connectivity index (χ3n) is 12.3. The van der Waals surface area contributed by atoms with Crippen molar-refractivity contribution in [3.8, 4) is 17.3 Å². The van der Waals surface area contributed by atoms with Crippen LogP contribution in [-0.4, -0.2) is 87.6 Å². The number of nitrogens with zero attached hydrogens (tertiary/aromatic N) is 4. The number of sulfonamides is 1. The van der Waals surface area contributed by atoms with Crippen LogP contribution in [-0.2, 0) is 29.8 Å². The van der Waals surface area contributed by atoms with E-state index in [2.05, 4.69) is 41.3 Å². The standard InChI is InChI=1S/C45H49N7O9S/c1-44(2,3)27-17-15-26(16-18-27)38-48-36-31-12-9-10-14-34(31)60-37(36)41(49-38)59-29-23-33-39(53)50-45(43(56)51-62(57,58)30-19-20-30)24-28(45)11-7-5-4-6-8-13-32(42(55)52(33)25-29)47-40(54)35-21-22-46-61-35/h7,9-12,14-18,21-22,28-30,32-33H,4-6,8,13,19-20,23-25H2,1-3H3,(H,47,54)(H,50,53)(H,51,56)/b11-7-/t28-,29-,32+,33+,45-/m1/s1.